The Hall–Kier alpha value is 0.583. The van der Waals surface area contributed by atoms with Crippen LogP contribution < -0.4 is 0 Å². The average molecular weight is 126 g/mol. The summed E-state index contributed by atoms with van der Waals surface area (Å²) in [5.41, 5.74) is 0. The maximum atomic E-state index is 7.57. The zero-order chi connectivity index (χ0) is 2.71. The van der Waals surface area contributed by atoms with Crippen molar-refractivity contribution < 1.29 is 24.6 Å². The van der Waals surface area contributed by atoms with Crippen LogP contribution in [0, 0.1) is 7.43 Å². The van der Waals surface area contributed by atoms with E-state index in [-0.39, 0.29) is 33.5 Å². The Bertz CT molecular complexity index is 6.85. The van der Waals surface area contributed by atoms with Crippen LogP contribution in [0.2, 0.25) is 0 Å². The molecule has 0 aromatic rings. The largest absolute Gasteiger partial charge is 0.397 e. The van der Waals surface area contributed by atoms with Gasteiger partial charge in [-0.05, 0) is 6.92 Å². The van der Waals surface area contributed by atoms with Gasteiger partial charge in [-0.15, -0.1) is 0 Å². The minimum absolute atomic E-state index is 0. The normalized spacial score (nSPS) is 3.60. The van der Waals surface area contributed by atoms with Gasteiger partial charge in [-0.3, -0.25) is 0 Å². The molecule has 0 saturated carbocycles. The van der Waals surface area contributed by atoms with Gasteiger partial charge in [0.05, 0.1) is 0 Å². The van der Waals surface area contributed by atoms with Crippen molar-refractivity contribution in [1.82, 2.24) is 0 Å². The van der Waals surface area contributed by atoms with Crippen molar-refractivity contribution in [3.8, 4) is 0 Å². The van der Waals surface area contributed by atoms with E-state index in [1.165, 1.54) is 0 Å². The van der Waals surface area contributed by atoms with Crippen LogP contribution in [0.1, 0.15) is 6.92 Å². The van der Waals surface area contributed by atoms with Crippen LogP contribution in [0.3, 0.4) is 0 Å². The summed E-state index contributed by atoms with van der Waals surface area (Å²) in [6.45, 7) is 1.93. The fourth-order valence-corrected chi connectivity index (χ4v) is 0. The molecule has 1 N–H and O–H groups in total. The van der Waals surface area contributed by atoms with E-state index in [4.69, 9.17) is 5.11 Å². The maximum absolute atomic E-state index is 7.57. The van der Waals surface area contributed by atoms with Crippen molar-refractivity contribution in [2.45, 2.75) is 6.92 Å². The number of aliphatic hydroxyl groups is 1. The van der Waals surface area contributed by atoms with Crippen LogP contribution in [-0.4, -0.2) is 11.7 Å². The van der Waals surface area contributed by atoms with Crippen LogP contribution in [0.5, 0.6) is 0 Å². The summed E-state index contributed by atoms with van der Waals surface area (Å²) in [7, 11) is 0. The standard InChI is InChI=1S/C2H6O.CH3.Zn/c1-2-3;;/h3H,2H2,1H3;1H3;/q;-1;. The molecule has 0 aromatic heterocycles. The summed E-state index contributed by atoms with van der Waals surface area (Å²) in [6.07, 6.45) is 0. The summed E-state index contributed by atoms with van der Waals surface area (Å²) in [6, 6.07) is 0. The Morgan fingerprint density at radius 1 is 1.60 bits per heavy atom. The fourth-order valence-electron chi connectivity index (χ4n) is 0. The van der Waals surface area contributed by atoms with Crippen molar-refractivity contribution in [3.63, 3.8) is 0 Å². The Morgan fingerprint density at radius 2 is 1.60 bits per heavy atom. The summed E-state index contributed by atoms with van der Waals surface area (Å²) in [4.78, 5) is 0. The average Bonchev–Trinajstić information content (AvgIpc) is 0.918. The molecule has 0 bridgehead atoms. The molecule has 0 amide bonds. The first-order valence-corrected chi connectivity index (χ1v) is 1.02. The molecule has 0 heterocycles. The Morgan fingerprint density at radius 3 is 1.60 bits per heavy atom. The molecule has 0 rings (SSSR count). The first-order valence-electron chi connectivity index (χ1n) is 1.02. The van der Waals surface area contributed by atoms with Gasteiger partial charge in [0.15, 0.2) is 0 Å². The van der Waals surface area contributed by atoms with Gasteiger partial charge >= 0.3 is 0 Å². The number of hydrogen-bond acceptors (Lipinski definition) is 1. The predicted octanol–water partition coefficient (Wildman–Crippen LogP) is 0.446. The smallest absolute Gasteiger partial charge is 0.0402 e. The zero-order valence-corrected chi connectivity index (χ0v) is 6.83. The van der Waals surface area contributed by atoms with Gasteiger partial charge in [0.2, 0.25) is 0 Å². The maximum Gasteiger partial charge on any atom is 0.0402 e. The van der Waals surface area contributed by atoms with Gasteiger partial charge in [-0.25, -0.2) is 0 Å². The molecule has 0 spiro atoms. The minimum atomic E-state index is 0. The van der Waals surface area contributed by atoms with Crippen molar-refractivity contribution in [1.29, 1.82) is 0 Å². The summed E-state index contributed by atoms with van der Waals surface area (Å²) >= 11 is 0. The third-order valence-electron chi connectivity index (χ3n) is 0. The van der Waals surface area contributed by atoms with E-state index in [2.05, 4.69) is 0 Å². The molecule has 5 heavy (non-hydrogen) atoms. The Balaban J connectivity index is -0.0000000200. The van der Waals surface area contributed by atoms with E-state index in [1.807, 2.05) is 0 Å². The van der Waals surface area contributed by atoms with Gasteiger partial charge in [-0.2, -0.15) is 0 Å². The Labute approximate surface area is 46.2 Å². The summed E-state index contributed by atoms with van der Waals surface area (Å²) in [5, 5.41) is 7.57. The zero-order valence-electron chi connectivity index (χ0n) is 3.86. The van der Waals surface area contributed by atoms with E-state index in [9.17, 15) is 0 Å². The fraction of sp³-hybridized carbons (Fsp3) is 0.667. The van der Waals surface area contributed by atoms with Crippen LogP contribution >= 0.6 is 0 Å². The first kappa shape index (κ1) is 17.6. The minimum Gasteiger partial charge on any atom is -0.397 e. The number of rotatable bonds is 0. The predicted molar refractivity (Wildman–Crippen MR) is 19.2 cm³/mol. The molecule has 0 saturated heterocycles. The van der Waals surface area contributed by atoms with Crippen LogP contribution in [-0.2, 0) is 19.5 Å². The molecule has 0 aliphatic heterocycles. The van der Waals surface area contributed by atoms with E-state index in [0.29, 0.717) is 0 Å². The molecule has 0 aliphatic carbocycles. The van der Waals surface area contributed by atoms with Crippen molar-refractivity contribution >= 4 is 0 Å². The molecule has 30 valence electrons. The van der Waals surface area contributed by atoms with Gasteiger partial charge in [0.1, 0.15) is 0 Å². The quantitative estimate of drug-likeness (QED) is 0.369. The van der Waals surface area contributed by atoms with Gasteiger partial charge in [0.25, 0.3) is 0 Å². The second-order valence-electron chi connectivity index (χ2n) is 0.316. The third kappa shape index (κ3) is 89.9. The molecule has 0 aromatic carbocycles. The van der Waals surface area contributed by atoms with E-state index >= 15 is 0 Å². The molecule has 0 aliphatic rings. The van der Waals surface area contributed by atoms with Crippen LogP contribution in [0.25, 0.3) is 0 Å². The van der Waals surface area contributed by atoms with Gasteiger partial charge < -0.3 is 12.5 Å². The van der Waals surface area contributed by atoms with E-state index in [1.54, 1.807) is 6.92 Å². The summed E-state index contributed by atoms with van der Waals surface area (Å²) in [5.74, 6) is 0. The van der Waals surface area contributed by atoms with Gasteiger partial charge in [-0.1, -0.05) is 0 Å². The second-order valence-corrected chi connectivity index (χ2v) is 0.316. The molecule has 0 atom stereocenters. The Kier molecular flexibility index (Phi) is 82.5. The molecule has 0 radical (unpaired) electrons. The number of aliphatic hydroxyl groups excluding tert-OH is 1. The second kappa shape index (κ2) is 23.5. The van der Waals surface area contributed by atoms with Crippen molar-refractivity contribution in [3.05, 3.63) is 7.43 Å². The molecular formula is C3H9OZn-. The molecule has 0 fully saturated rings. The van der Waals surface area contributed by atoms with Gasteiger partial charge in [0, 0.05) is 26.1 Å². The van der Waals surface area contributed by atoms with Crippen molar-refractivity contribution in [2.24, 2.45) is 0 Å². The monoisotopic (exact) mass is 125 g/mol. The summed E-state index contributed by atoms with van der Waals surface area (Å²) < 4.78 is 0. The molecule has 0 unspecified atom stereocenters. The number of hydrogen-bond donors (Lipinski definition) is 1. The van der Waals surface area contributed by atoms with Crippen molar-refractivity contribution in [2.75, 3.05) is 6.61 Å². The van der Waals surface area contributed by atoms with Crippen LogP contribution in [0.4, 0.5) is 0 Å². The molecule has 2 heteroatoms. The topological polar surface area (TPSA) is 20.2 Å². The van der Waals surface area contributed by atoms with Crippen LogP contribution in [0.15, 0.2) is 0 Å². The first-order chi connectivity index (χ1) is 1.41. The van der Waals surface area contributed by atoms with E-state index in [0.717, 1.165) is 0 Å². The van der Waals surface area contributed by atoms with E-state index < -0.39 is 0 Å². The molecular weight excluding hydrogens is 117 g/mol. The SMILES string of the molecule is CCO.[CH3-].[Zn]. The molecule has 1 nitrogen and oxygen atoms in total. The third-order valence-corrected chi connectivity index (χ3v) is 0.